The van der Waals surface area contributed by atoms with Crippen molar-refractivity contribution in [1.82, 2.24) is 25.0 Å². The van der Waals surface area contributed by atoms with Crippen LogP contribution in [0.2, 0.25) is 0 Å². The van der Waals surface area contributed by atoms with E-state index in [4.69, 9.17) is 0 Å². The third kappa shape index (κ3) is 4.53. The number of amides is 1. The maximum atomic E-state index is 14.5. The Morgan fingerprint density at radius 3 is 2.69 bits per heavy atom. The lowest BCUT2D eigenvalue weighted by Gasteiger charge is -2.26. The molecule has 180 valence electrons. The molecule has 5 rings (SSSR count). The van der Waals surface area contributed by atoms with Crippen LogP contribution in [0.15, 0.2) is 48.9 Å². The molecule has 0 fully saturated rings. The Balaban J connectivity index is 1.49. The zero-order chi connectivity index (χ0) is 24.7. The van der Waals surface area contributed by atoms with Crippen LogP contribution < -0.4 is 4.90 Å². The van der Waals surface area contributed by atoms with Gasteiger partial charge in [-0.25, -0.2) is 14.1 Å². The molecular formula is C23H18F4N6OS. The predicted molar refractivity (Wildman–Crippen MR) is 121 cm³/mol. The molecule has 1 unspecified atom stereocenters. The van der Waals surface area contributed by atoms with Crippen molar-refractivity contribution in [2.75, 3.05) is 11.4 Å². The van der Waals surface area contributed by atoms with Gasteiger partial charge in [-0.2, -0.15) is 13.2 Å². The van der Waals surface area contributed by atoms with Crippen LogP contribution in [0.5, 0.6) is 0 Å². The number of aryl methyl sites for hydroxylation is 1. The van der Waals surface area contributed by atoms with E-state index < -0.39 is 30.5 Å². The predicted octanol–water partition coefficient (Wildman–Crippen LogP) is 4.99. The molecule has 0 aliphatic carbocycles. The van der Waals surface area contributed by atoms with Gasteiger partial charge in [0.15, 0.2) is 0 Å². The molecule has 1 aliphatic rings. The van der Waals surface area contributed by atoms with E-state index in [0.29, 0.717) is 16.3 Å². The first-order valence-electron chi connectivity index (χ1n) is 10.7. The molecule has 0 bridgehead atoms. The summed E-state index contributed by atoms with van der Waals surface area (Å²) in [7, 11) is 0. The summed E-state index contributed by atoms with van der Waals surface area (Å²) in [6.45, 7) is 0.292. The quantitative estimate of drug-likeness (QED) is 0.368. The zero-order valence-electron chi connectivity index (χ0n) is 18.3. The summed E-state index contributed by atoms with van der Waals surface area (Å²) in [5.74, 6) is -1.46. The fourth-order valence-corrected chi connectivity index (χ4v) is 5.15. The normalized spacial score (nSPS) is 16.3. The number of aromatic nitrogens is 5. The van der Waals surface area contributed by atoms with Gasteiger partial charge in [0, 0.05) is 23.5 Å². The number of rotatable bonds is 4. The van der Waals surface area contributed by atoms with Crippen LogP contribution in [-0.4, -0.2) is 43.6 Å². The van der Waals surface area contributed by atoms with E-state index in [1.807, 2.05) is 19.1 Å². The number of alkyl halides is 3. The van der Waals surface area contributed by atoms with E-state index in [-0.39, 0.29) is 24.1 Å². The van der Waals surface area contributed by atoms with Crippen molar-refractivity contribution in [1.29, 1.82) is 0 Å². The molecule has 0 N–H and O–H groups in total. The van der Waals surface area contributed by atoms with Crippen molar-refractivity contribution in [2.24, 2.45) is 0 Å². The van der Waals surface area contributed by atoms with Crippen LogP contribution in [0.3, 0.4) is 0 Å². The molecule has 1 aliphatic heterocycles. The maximum Gasteiger partial charge on any atom is 0.406 e. The third-order valence-electron chi connectivity index (χ3n) is 5.73. The van der Waals surface area contributed by atoms with Gasteiger partial charge in [0.05, 0.1) is 22.5 Å². The lowest BCUT2D eigenvalue weighted by atomic mass is 10.1. The number of halogens is 4. The van der Waals surface area contributed by atoms with Gasteiger partial charge in [-0.05, 0) is 44.0 Å². The number of hydrogen-bond donors (Lipinski definition) is 0. The number of hydrogen-bond acceptors (Lipinski definition) is 6. The molecule has 4 heterocycles. The second-order valence-electron chi connectivity index (χ2n) is 8.08. The summed E-state index contributed by atoms with van der Waals surface area (Å²) in [5, 5.41) is 8.98. The monoisotopic (exact) mass is 502 g/mol. The highest BCUT2D eigenvalue weighted by Gasteiger charge is 2.40. The molecule has 12 heteroatoms. The van der Waals surface area contributed by atoms with Gasteiger partial charge >= 0.3 is 6.18 Å². The second-order valence-corrected chi connectivity index (χ2v) is 9.08. The maximum absolute atomic E-state index is 14.5. The fourth-order valence-electron chi connectivity index (χ4n) is 4.12. The average Bonchev–Trinajstić information content (AvgIpc) is 3.42. The highest BCUT2D eigenvalue weighted by Crippen LogP contribution is 2.37. The lowest BCUT2D eigenvalue weighted by molar-refractivity contribution is -0.134. The second kappa shape index (κ2) is 8.84. The standard InChI is InChI=1S/C23H18F4N6OS/c1-13-20(35-21(29-13)14-7-9-28-10-8-14)17-11-33(31-30-17)19-6-5-15-16(24)3-2-4-18(15)32(22(19)34)12-23(25,26)27/h2-4,7-11,19H,5-6,12H2,1H3. The minimum atomic E-state index is -4.66. The van der Waals surface area contributed by atoms with Crippen molar-refractivity contribution >= 4 is 22.9 Å². The molecule has 3 aromatic heterocycles. The summed E-state index contributed by atoms with van der Waals surface area (Å²) >= 11 is 1.38. The molecule has 0 saturated heterocycles. The van der Waals surface area contributed by atoms with Gasteiger partial charge in [-0.3, -0.25) is 9.78 Å². The fraction of sp³-hybridized carbons (Fsp3) is 0.261. The lowest BCUT2D eigenvalue weighted by Crippen LogP contribution is -2.42. The molecule has 4 aromatic rings. The van der Waals surface area contributed by atoms with Crippen LogP contribution in [0, 0.1) is 12.7 Å². The van der Waals surface area contributed by atoms with Crippen molar-refractivity contribution in [3.05, 3.63) is 66.0 Å². The van der Waals surface area contributed by atoms with Crippen LogP contribution >= 0.6 is 11.3 Å². The Morgan fingerprint density at radius 1 is 1.17 bits per heavy atom. The number of carbonyl (C=O) groups excluding carboxylic acids is 1. The zero-order valence-corrected chi connectivity index (χ0v) is 19.1. The minimum Gasteiger partial charge on any atom is -0.301 e. The van der Waals surface area contributed by atoms with Gasteiger partial charge < -0.3 is 4.90 Å². The van der Waals surface area contributed by atoms with Gasteiger partial charge in [0.25, 0.3) is 5.91 Å². The summed E-state index contributed by atoms with van der Waals surface area (Å²) in [6, 6.07) is 6.39. The van der Waals surface area contributed by atoms with Gasteiger partial charge in [0.2, 0.25) is 0 Å². The van der Waals surface area contributed by atoms with E-state index in [2.05, 4.69) is 20.3 Å². The van der Waals surface area contributed by atoms with E-state index in [1.54, 1.807) is 12.4 Å². The van der Waals surface area contributed by atoms with E-state index >= 15 is 0 Å². The Labute approximate surface area is 201 Å². The number of carbonyl (C=O) groups is 1. The Bertz CT molecular complexity index is 1380. The number of nitrogens with zero attached hydrogens (tertiary/aromatic N) is 6. The first-order chi connectivity index (χ1) is 16.7. The summed E-state index contributed by atoms with van der Waals surface area (Å²) in [5.41, 5.74) is 2.04. The molecule has 0 spiro atoms. The Morgan fingerprint density at radius 2 is 1.94 bits per heavy atom. The first kappa shape index (κ1) is 23.1. The SMILES string of the molecule is Cc1nc(-c2ccncc2)sc1-c1cn(C2CCc3c(F)cccc3N(CC(F)(F)F)C2=O)nn1. The summed E-state index contributed by atoms with van der Waals surface area (Å²) in [4.78, 5) is 23.2. The number of thiazole rings is 1. The van der Waals surface area contributed by atoms with E-state index in [0.717, 1.165) is 15.4 Å². The number of benzene rings is 1. The van der Waals surface area contributed by atoms with Crippen LogP contribution in [0.25, 0.3) is 21.1 Å². The van der Waals surface area contributed by atoms with Crippen molar-refractivity contribution in [2.45, 2.75) is 32.0 Å². The largest absolute Gasteiger partial charge is 0.406 e. The average molecular weight is 502 g/mol. The molecular weight excluding hydrogens is 484 g/mol. The molecule has 1 atom stereocenters. The number of pyridine rings is 1. The van der Waals surface area contributed by atoms with Crippen molar-refractivity contribution in [3.8, 4) is 21.1 Å². The Hall–Kier alpha value is -3.67. The molecule has 7 nitrogen and oxygen atoms in total. The highest BCUT2D eigenvalue weighted by molar-refractivity contribution is 7.18. The Kier molecular flexibility index (Phi) is 5.83. The number of anilines is 1. The van der Waals surface area contributed by atoms with Crippen molar-refractivity contribution < 1.29 is 22.4 Å². The highest BCUT2D eigenvalue weighted by atomic mass is 32.1. The summed E-state index contributed by atoms with van der Waals surface area (Å²) in [6.07, 6.45) is 0.338. The molecule has 35 heavy (non-hydrogen) atoms. The first-order valence-corrected chi connectivity index (χ1v) is 11.5. The topological polar surface area (TPSA) is 76.8 Å². The van der Waals surface area contributed by atoms with Gasteiger partial charge in [-0.15, -0.1) is 16.4 Å². The number of fused-ring (bicyclic) bond motifs is 1. The summed E-state index contributed by atoms with van der Waals surface area (Å²) < 4.78 is 55.8. The van der Waals surface area contributed by atoms with Crippen LogP contribution in [0.4, 0.5) is 23.2 Å². The molecule has 0 saturated carbocycles. The third-order valence-corrected chi connectivity index (χ3v) is 6.96. The van der Waals surface area contributed by atoms with E-state index in [1.165, 1.54) is 40.4 Å². The minimum absolute atomic E-state index is 0.0737. The van der Waals surface area contributed by atoms with Crippen LogP contribution in [0.1, 0.15) is 23.7 Å². The van der Waals surface area contributed by atoms with Crippen molar-refractivity contribution in [3.63, 3.8) is 0 Å². The molecule has 0 radical (unpaired) electrons. The van der Waals surface area contributed by atoms with Crippen LogP contribution in [-0.2, 0) is 11.2 Å². The van der Waals surface area contributed by atoms with Gasteiger partial charge in [0.1, 0.15) is 29.1 Å². The van der Waals surface area contributed by atoms with E-state index in [9.17, 15) is 22.4 Å². The smallest absolute Gasteiger partial charge is 0.301 e. The van der Waals surface area contributed by atoms with Gasteiger partial charge in [-0.1, -0.05) is 11.3 Å². The molecule has 1 amide bonds. The molecule has 1 aromatic carbocycles.